The first-order valence-corrected chi connectivity index (χ1v) is 8.43. The summed E-state index contributed by atoms with van der Waals surface area (Å²) in [4.78, 5) is 21.2. The van der Waals surface area contributed by atoms with Gasteiger partial charge >= 0.3 is 5.97 Å². The Labute approximate surface area is 158 Å². The Morgan fingerprint density at radius 3 is 2.89 bits per heavy atom. The van der Waals surface area contributed by atoms with Crippen molar-refractivity contribution in [3.05, 3.63) is 65.0 Å². The van der Waals surface area contributed by atoms with Crippen LogP contribution in [0, 0.1) is 0 Å². The Morgan fingerprint density at radius 2 is 2.15 bits per heavy atom. The van der Waals surface area contributed by atoms with E-state index in [0.29, 0.717) is 33.8 Å². The summed E-state index contributed by atoms with van der Waals surface area (Å²) in [5.74, 6) is 0.673. The van der Waals surface area contributed by atoms with Gasteiger partial charge in [0.2, 0.25) is 11.8 Å². The van der Waals surface area contributed by atoms with E-state index in [9.17, 15) is 4.79 Å². The SMILES string of the molecule is CNc1ncc(C(=O)OCc2ccccc2Cl)c2nc(-c3ccco3)nn12. The van der Waals surface area contributed by atoms with Crippen LogP contribution in [-0.4, -0.2) is 32.6 Å². The molecule has 0 saturated carbocycles. The molecule has 0 fully saturated rings. The number of benzene rings is 1. The third-order valence-corrected chi connectivity index (χ3v) is 4.24. The topological polar surface area (TPSA) is 94.5 Å². The van der Waals surface area contributed by atoms with Gasteiger partial charge < -0.3 is 14.5 Å². The average Bonchev–Trinajstić information content (AvgIpc) is 3.35. The lowest BCUT2D eigenvalue weighted by atomic mass is 10.2. The Bertz CT molecular complexity index is 1110. The van der Waals surface area contributed by atoms with Crippen molar-refractivity contribution < 1.29 is 13.9 Å². The zero-order valence-corrected chi connectivity index (χ0v) is 15.0. The fourth-order valence-electron chi connectivity index (χ4n) is 2.53. The fourth-order valence-corrected chi connectivity index (χ4v) is 2.72. The molecule has 0 atom stereocenters. The molecule has 0 bridgehead atoms. The van der Waals surface area contributed by atoms with Crippen molar-refractivity contribution in [2.24, 2.45) is 0 Å². The smallest absolute Gasteiger partial charge is 0.343 e. The second-order valence-corrected chi connectivity index (χ2v) is 5.97. The van der Waals surface area contributed by atoms with E-state index in [1.54, 1.807) is 31.3 Å². The number of fused-ring (bicyclic) bond motifs is 1. The summed E-state index contributed by atoms with van der Waals surface area (Å²) in [5.41, 5.74) is 1.21. The summed E-state index contributed by atoms with van der Waals surface area (Å²) in [6.45, 7) is 0.0393. The zero-order chi connectivity index (χ0) is 18.8. The number of hydrogen-bond acceptors (Lipinski definition) is 7. The molecule has 0 spiro atoms. The van der Waals surface area contributed by atoms with Gasteiger partial charge in [0.1, 0.15) is 12.2 Å². The lowest BCUT2D eigenvalue weighted by molar-refractivity contribution is 0.0474. The quantitative estimate of drug-likeness (QED) is 0.527. The fraction of sp³-hybridized carbons (Fsp3) is 0.111. The Balaban J connectivity index is 1.68. The highest BCUT2D eigenvalue weighted by molar-refractivity contribution is 6.31. The molecule has 0 aliphatic heterocycles. The largest absolute Gasteiger partial charge is 0.461 e. The number of esters is 1. The molecule has 0 saturated heterocycles. The van der Waals surface area contributed by atoms with Crippen LogP contribution >= 0.6 is 11.6 Å². The number of nitrogens with zero attached hydrogens (tertiary/aromatic N) is 4. The van der Waals surface area contributed by atoms with Gasteiger partial charge in [0, 0.05) is 23.8 Å². The summed E-state index contributed by atoms with van der Waals surface area (Å²) < 4.78 is 12.2. The molecule has 3 heterocycles. The van der Waals surface area contributed by atoms with Crippen LogP contribution in [-0.2, 0) is 11.3 Å². The van der Waals surface area contributed by atoms with E-state index < -0.39 is 5.97 Å². The van der Waals surface area contributed by atoms with E-state index in [-0.39, 0.29) is 12.2 Å². The number of anilines is 1. The Kier molecular flexibility index (Phi) is 4.47. The Hall–Kier alpha value is -3.39. The molecule has 1 N–H and O–H groups in total. The molecule has 8 nitrogen and oxygen atoms in total. The molecule has 0 aliphatic rings. The third-order valence-electron chi connectivity index (χ3n) is 3.87. The van der Waals surface area contributed by atoms with Crippen molar-refractivity contribution in [3.8, 4) is 11.6 Å². The maximum atomic E-state index is 12.6. The first-order valence-electron chi connectivity index (χ1n) is 8.05. The lowest BCUT2D eigenvalue weighted by Crippen LogP contribution is -2.11. The van der Waals surface area contributed by atoms with E-state index in [1.807, 2.05) is 12.1 Å². The van der Waals surface area contributed by atoms with Gasteiger partial charge in [-0.25, -0.2) is 14.8 Å². The van der Waals surface area contributed by atoms with Gasteiger partial charge in [-0.15, -0.1) is 5.10 Å². The van der Waals surface area contributed by atoms with Gasteiger partial charge in [-0.3, -0.25) is 0 Å². The molecular formula is C18H14ClN5O3. The third kappa shape index (κ3) is 3.22. The number of hydrogen-bond donors (Lipinski definition) is 1. The normalized spacial score (nSPS) is 10.9. The van der Waals surface area contributed by atoms with Crippen LogP contribution in [0.3, 0.4) is 0 Å². The van der Waals surface area contributed by atoms with Crippen molar-refractivity contribution >= 4 is 29.2 Å². The number of rotatable bonds is 5. The lowest BCUT2D eigenvalue weighted by Gasteiger charge is -2.08. The van der Waals surface area contributed by atoms with Crippen molar-refractivity contribution in [2.75, 3.05) is 12.4 Å². The van der Waals surface area contributed by atoms with Gasteiger partial charge in [0.05, 0.1) is 6.26 Å². The van der Waals surface area contributed by atoms with Crippen LogP contribution in [0.25, 0.3) is 17.2 Å². The van der Waals surface area contributed by atoms with Crippen LogP contribution < -0.4 is 5.32 Å². The maximum Gasteiger partial charge on any atom is 0.343 e. The number of carbonyl (C=O) groups excluding carboxylic acids is 1. The second-order valence-electron chi connectivity index (χ2n) is 5.56. The van der Waals surface area contributed by atoms with Crippen LogP contribution in [0.15, 0.2) is 53.3 Å². The number of carbonyl (C=O) groups is 1. The van der Waals surface area contributed by atoms with E-state index >= 15 is 0 Å². The number of nitrogens with one attached hydrogen (secondary N) is 1. The highest BCUT2D eigenvalue weighted by Crippen LogP contribution is 2.22. The molecule has 9 heteroatoms. The second kappa shape index (κ2) is 7.08. The van der Waals surface area contributed by atoms with Crippen LogP contribution in [0.2, 0.25) is 5.02 Å². The van der Waals surface area contributed by atoms with Crippen LogP contribution in [0.4, 0.5) is 5.95 Å². The predicted molar refractivity (Wildman–Crippen MR) is 98.6 cm³/mol. The monoisotopic (exact) mass is 383 g/mol. The molecule has 136 valence electrons. The van der Waals surface area contributed by atoms with Crippen molar-refractivity contribution in [3.63, 3.8) is 0 Å². The molecule has 27 heavy (non-hydrogen) atoms. The predicted octanol–water partition coefficient (Wildman–Crippen LogP) is 3.44. The number of furan rings is 1. The molecule has 3 aromatic heterocycles. The minimum atomic E-state index is -0.575. The molecule has 4 rings (SSSR count). The molecular weight excluding hydrogens is 370 g/mol. The molecule has 0 aliphatic carbocycles. The highest BCUT2D eigenvalue weighted by atomic mass is 35.5. The van der Waals surface area contributed by atoms with Crippen molar-refractivity contribution in [2.45, 2.75) is 6.61 Å². The van der Waals surface area contributed by atoms with Crippen LogP contribution in [0.5, 0.6) is 0 Å². The van der Waals surface area contributed by atoms with Crippen LogP contribution in [0.1, 0.15) is 15.9 Å². The number of aromatic nitrogens is 4. The van der Waals surface area contributed by atoms with E-state index in [4.69, 9.17) is 20.8 Å². The average molecular weight is 384 g/mol. The molecule has 0 amide bonds. The van der Waals surface area contributed by atoms with Crippen molar-refractivity contribution in [1.29, 1.82) is 0 Å². The summed E-state index contributed by atoms with van der Waals surface area (Å²) in [6, 6.07) is 10.6. The summed E-state index contributed by atoms with van der Waals surface area (Å²) in [5, 5.41) is 7.80. The van der Waals surface area contributed by atoms with E-state index in [2.05, 4.69) is 20.4 Å². The zero-order valence-electron chi connectivity index (χ0n) is 14.2. The molecule has 1 aromatic carbocycles. The standard InChI is InChI=1S/C18H14ClN5O3/c1-20-18-21-9-12(17(25)27-10-11-5-2-3-6-13(11)19)16-22-15(23-24(16)18)14-7-4-8-26-14/h2-9H,10H2,1H3,(H,20,21). The van der Waals surface area contributed by atoms with E-state index in [1.165, 1.54) is 17.0 Å². The summed E-state index contributed by atoms with van der Waals surface area (Å²) in [6.07, 6.45) is 2.92. The minimum absolute atomic E-state index is 0.0393. The van der Waals surface area contributed by atoms with Gasteiger partial charge in [0.25, 0.3) is 0 Å². The van der Waals surface area contributed by atoms with Gasteiger partial charge in [-0.1, -0.05) is 29.8 Å². The minimum Gasteiger partial charge on any atom is -0.461 e. The number of halogens is 1. The molecule has 0 radical (unpaired) electrons. The summed E-state index contributed by atoms with van der Waals surface area (Å²) in [7, 11) is 1.70. The van der Waals surface area contributed by atoms with Crippen molar-refractivity contribution in [1.82, 2.24) is 19.6 Å². The molecule has 4 aromatic rings. The summed E-state index contributed by atoms with van der Waals surface area (Å²) >= 11 is 6.10. The Morgan fingerprint density at radius 1 is 1.30 bits per heavy atom. The van der Waals surface area contributed by atoms with E-state index in [0.717, 1.165) is 0 Å². The maximum absolute atomic E-state index is 12.6. The van der Waals surface area contributed by atoms with Gasteiger partial charge in [-0.05, 0) is 18.2 Å². The van der Waals surface area contributed by atoms with Gasteiger partial charge in [-0.2, -0.15) is 4.52 Å². The van der Waals surface area contributed by atoms with Gasteiger partial charge in [0.15, 0.2) is 11.4 Å². The molecule has 0 unspecified atom stereocenters. The first-order chi connectivity index (χ1) is 13.2. The highest BCUT2D eigenvalue weighted by Gasteiger charge is 2.20. The number of ether oxygens (including phenoxy) is 1. The first kappa shape index (κ1) is 17.0.